The van der Waals surface area contributed by atoms with Gasteiger partial charge in [-0.15, -0.1) is 0 Å². The van der Waals surface area contributed by atoms with Crippen molar-refractivity contribution in [2.45, 2.75) is 39.3 Å². The summed E-state index contributed by atoms with van der Waals surface area (Å²) in [6.07, 6.45) is 6.14. The van der Waals surface area contributed by atoms with E-state index in [1.165, 1.54) is 12.8 Å². The molecule has 0 unspecified atom stereocenters. The monoisotopic (exact) mass is 250 g/mol. The third-order valence-electron chi connectivity index (χ3n) is 3.71. The van der Waals surface area contributed by atoms with Crippen molar-refractivity contribution < 1.29 is 4.79 Å². The van der Waals surface area contributed by atoms with Gasteiger partial charge in [0.05, 0.1) is 11.9 Å². The minimum absolute atomic E-state index is 0.0341. The molecule has 1 aromatic heterocycles. The summed E-state index contributed by atoms with van der Waals surface area (Å²) in [6.45, 7) is 4.84. The fourth-order valence-electron chi connectivity index (χ4n) is 2.31. The first-order valence-corrected chi connectivity index (χ1v) is 6.58. The van der Waals surface area contributed by atoms with E-state index in [0.29, 0.717) is 6.04 Å². The number of hydrogen-bond donors (Lipinski definition) is 2. The number of nitrogens with one attached hydrogen (secondary N) is 2. The average Bonchev–Trinajstić information content (AvgIpc) is 2.69. The standard InChI is InChI=1S/C13H22N4O/c1-9(2)10-4-11(5-10)16-12-6-15-17(7-12)8-13(18)14-3/h6-7,9-11,16H,4-5,8H2,1-3H3,(H,14,18). The molecule has 0 spiro atoms. The average molecular weight is 250 g/mol. The van der Waals surface area contributed by atoms with E-state index in [-0.39, 0.29) is 12.5 Å². The topological polar surface area (TPSA) is 59.0 Å². The van der Waals surface area contributed by atoms with Crippen molar-refractivity contribution in [2.75, 3.05) is 12.4 Å². The van der Waals surface area contributed by atoms with Gasteiger partial charge in [0.25, 0.3) is 0 Å². The Morgan fingerprint density at radius 2 is 2.28 bits per heavy atom. The summed E-state index contributed by atoms with van der Waals surface area (Å²) in [6, 6.07) is 0.565. The number of carbonyl (C=O) groups is 1. The van der Waals surface area contributed by atoms with Crippen LogP contribution in [-0.2, 0) is 11.3 Å². The molecule has 2 rings (SSSR count). The van der Waals surface area contributed by atoms with Crippen LogP contribution in [-0.4, -0.2) is 28.8 Å². The Balaban J connectivity index is 1.79. The molecule has 2 N–H and O–H groups in total. The molecule has 18 heavy (non-hydrogen) atoms. The number of nitrogens with zero attached hydrogens (tertiary/aromatic N) is 2. The van der Waals surface area contributed by atoms with E-state index in [0.717, 1.165) is 17.5 Å². The number of rotatable bonds is 5. The van der Waals surface area contributed by atoms with E-state index in [4.69, 9.17) is 0 Å². The Kier molecular flexibility index (Phi) is 3.89. The summed E-state index contributed by atoms with van der Waals surface area (Å²) in [5.74, 6) is 1.59. The van der Waals surface area contributed by atoms with E-state index in [1.807, 2.05) is 6.20 Å². The lowest BCUT2D eigenvalue weighted by atomic mass is 9.73. The molecule has 1 amide bonds. The van der Waals surface area contributed by atoms with Gasteiger partial charge in [-0.3, -0.25) is 9.48 Å². The molecule has 1 aliphatic carbocycles. The van der Waals surface area contributed by atoms with Gasteiger partial charge in [-0.05, 0) is 24.7 Å². The highest BCUT2D eigenvalue weighted by atomic mass is 16.1. The van der Waals surface area contributed by atoms with Gasteiger partial charge in [0.2, 0.25) is 5.91 Å². The van der Waals surface area contributed by atoms with Crippen LogP contribution in [0.25, 0.3) is 0 Å². The van der Waals surface area contributed by atoms with E-state index in [9.17, 15) is 4.79 Å². The Labute approximate surface area is 108 Å². The second kappa shape index (κ2) is 5.42. The van der Waals surface area contributed by atoms with Crippen molar-refractivity contribution in [1.29, 1.82) is 0 Å². The van der Waals surface area contributed by atoms with Gasteiger partial charge in [-0.25, -0.2) is 0 Å². The van der Waals surface area contributed by atoms with E-state index < -0.39 is 0 Å². The highest BCUT2D eigenvalue weighted by Crippen LogP contribution is 2.35. The highest BCUT2D eigenvalue weighted by Gasteiger charge is 2.31. The number of amides is 1. The van der Waals surface area contributed by atoms with Crippen LogP contribution < -0.4 is 10.6 Å². The molecule has 1 aliphatic rings. The Morgan fingerprint density at radius 3 is 2.89 bits per heavy atom. The molecule has 100 valence electrons. The molecular weight excluding hydrogens is 228 g/mol. The van der Waals surface area contributed by atoms with E-state index in [2.05, 4.69) is 29.6 Å². The second-order valence-electron chi connectivity index (χ2n) is 5.42. The lowest BCUT2D eigenvalue weighted by Gasteiger charge is -2.38. The van der Waals surface area contributed by atoms with Gasteiger partial charge >= 0.3 is 0 Å². The molecule has 5 nitrogen and oxygen atoms in total. The number of aromatic nitrogens is 2. The van der Waals surface area contributed by atoms with Gasteiger partial charge in [-0.2, -0.15) is 5.10 Å². The smallest absolute Gasteiger partial charge is 0.241 e. The lowest BCUT2D eigenvalue weighted by molar-refractivity contribution is -0.121. The maximum atomic E-state index is 11.2. The second-order valence-corrected chi connectivity index (χ2v) is 5.42. The number of anilines is 1. The van der Waals surface area contributed by atoms with Crippen molar-refractivity contribution >= 4 is 11.6 Å². The minimum Gasteiger partial charge on any atom is -0.380 e. The lowest BCUT2D eigenvalue weighted by Crippen LogP contribution is -2.37. The van der Waals surface area contributed by atoms with Crippen molar-refractivity contribution in [3.8, 4) is 0 Å². The predicted octanol–water partition coefficient (Wildman–Crippen LogP) is 1.48. The molecule has 0 saturated heterocycles. The maximum absolute atomic E-state index is 11.2. The van der Waals surface area contributed by atoms with Crippen molar-refractivity contribution in [3.05, 3.63) is 12.4 Å². The first kappa shape index (κ1) is 12.9. The first-order valence-electron chi connectivity index (χ1n) is 6.58. The van der Waals surface area contributed by atoms with Crippen LogP contribution in [0, 0.1) is 11.8 Å². The van der Waals surface area contributed by atoms with Gasteiger partial charge in [0, 0.05) is 19.3 Å². The largest absolute Gasteiger partial charge is 0.380 e. The number of carbonyl (C=O) groups excluding carboxylic acids is 1. The highest BCUT2D eigenvalue weighted by molar-refractivity contribution is 5.75. The summed E-state index contributed by atoms with van der Waals surface area (Å²) < 4.78 is 1.65. The predicted molar refractivity (Wildman–Crippen MR) is 71.3 cm³/mol. The molecule has 0 radical (unpaired) electrons. The molecule has 0 atom stereocenters. The molecular formula is C13H22N4O. The zero-order valence-electron chi connectivity index (χ0n) is 11.3. The van der Waals surface area contributed by atoms with Crippen molar-refractivity contribution in [2.24, 2.45) is 11.8 Å². The SMILES string of the molecule is CNC(=O)Cn1cc(NC2CC(C(C)C)C2)cn1. The van der Waals surface area contributed by atoms with Crippen LogP contribution >= 0.6 is 0 Å². The van der Waals surface area contributed by atoms with Crippen LogP contribution in [0.1, 0.15) is 26.7 Å². The third kappa shape index (κ3) is 3.03. The first-order chi connectivity index (χ1) is 8.58. The van der Waals surface area contributed by atoms with Crippen LogP contribution in [0.4, 0.5) is 5.69 Å². The van der Waals surface area contributed by atoms with E-state index in [1.54, 1.807) is 17.9 Å². The Bertz CT molecular complexity index is 407. The summed E-state index contributed by atoms with van der Waals surface area (Å²) >= 11 is 0. The molecule has 0 bridgehead atoms. The molecule has 0 aliphatic heterocycles. The summed E-state index contributed by atoms with van der Waals surface area (Å²) in [7, 11) is 1.63. The van der Waals surface area contributed by atoms with Crippen molar-refractivity contribution in [3.63, 3.8) is 0 Å². The van der Waals surface area contributed by atoms with Crippen LogP contribution in [0.2, 0.25) is 0 Å². The fourth-order valence-corrected chi connectivity index (χ4v) is 2.31. The maximum Gasteiger partial charge on any atom is 0.241 e. The summed E-state index contributed by atoms with van der Waals surface area (Å²) in [4.78, 5) is 11.2. The van der Waals surface area contributed by atoms with Gasteiger partial charge in [0.1, 0.15) is 6.54 Å². The van der Waals surface area contributed by atoms with Crippen LogP contribution in [0.5, 0.6) is 0 Å². The molecule has 0 aromatic carbocycles. The van der Waals surface area contributed by atoms with Gasteiger partial charge in [0.15, 0.2) is 0 Å². The Hall–Kier alpha value is -1.52. The number of hydrogen-bond acceptors (Lipinski definition) is 3. The van der Waals surface area contributed by atoms with Crippen LogP contribution in [0.15, 0.2) is 12.4 Å². The zero-order chi connectivity index (χ0) is 13.1. The summed E-state index contributed by atoms with van der Waals surface area (Å²) in [5, 5.41) is 10.2. The van der Waals surface area contributed by atoms with E-state index >= 15 is 0 Å². The van der Waals surface area contributed by atoms with Gasteiger partial charge < -0.3 is 10.6 Å². The number of likely N-dealkylation sites (N-methyl/N-ethyl adjacent to an activating group) is 1. The molecule has 5 heteroatoms. The fraction of sp³-hybridized carbons (Fsp3) is 0.692. The molecule has 1 heterocycles. The third-order valence-corrected chi connectivity index (χ3v) is 3.71. The van der Waals surface area contributed by atoms with Crippen LogP contribution in [0.3, 0.4) is 0 Å². The zero-order valence-corrected chi connectivity index (χ0v) is 11.3. The normalized spacial score (nSPS) is 22.7. The quantitative estimate of drug-likeness (QED) is 0.832. The molecule has 1 fully saturated rings. The van der Waals surface area contributed by atoms with Crippen molar-refractivity contribution in [1.82, 2.24) is 15.1 Å². The molecule has 1 aromatic rings. The molecule has 1 saturated carbocycles. The van der Waals surface area contributed by atoms with Gasteiger partial charge in [-0.1, -0.05) is 13.8 Å². The summed E-state index contributed by atoms with van der Waals surface area (Å²) in [5.41, 5.74) is 1.01. The Morgan fingerprint density at radius 1 is 1.56 bits per heavy atom. The minimum atomic E-state index is -0.0341.